The van der Waals surface area contributed by atoms with Crippen molar-refractivity contribution in [3.63, 3.8) is 0 Å². The Morgan fingerprint density at radius 1 is 1.00 bits per heavy atom. The minimum absolute atomic E-state index is 0.124. The zero-order valence-corrected chi connectivity index (χ0v) is 18.6. The molecule has 0 spiro atoms. The number of methoxy groups -OCH3 is 1. The number of amides is 1. The van der Waals surface area contributed by atoms with Crippen LogP contribution in [0, 0.1) is 10.1 Å². The third kappa shape index (κ3) is 4.80. The smallest absolute Gasteiger partial charge is 0.278 e. The molecule has 0 saturated carbocycles. The SMILES string of the molecule is COc1cccc(Cn2c(=O)c(C(=O)NCCc3ccccc3)cc3c([N+](=O)[O-])cccc32)c1. The van der Waals surface area contributed by atoms with Crippen molar-refractivity contribution in [2.45, 2.75) is 13.0 Å². The lowest BCUT2D eigenvalue weighted by Crippen LogP contribution is -2.34. The first-order valence-electron chi connectivity index (χ1n) is 10.7. The maximum Gasteiger partial charge on any atom is 0.278 e. The van der Waals surface area contributed by atoms with E-state index in [9.17, 15) is 19.7 Å². The van der Waals surface area contributed by atoms with E-state index in [-0.39, 0.29) is 23.2 Å². The number of nitro benzene ring substituents is 1. The Labute approximate surface area is 195 Å². The van der Waals surface area contributed by atoms with E-state index < -0.39 is 16.4 Å². The van der Waals surface area contributed by atoms with Gasteiger partial charge in [0.2, 0.25) is 0 Å². The average Bonchev–Trinajstić information content (AvgIpc) is 2.85. The molecule has 3 aromatic carbocycles. The van der Waals surface area contributed by atoms with Crippen LogP contribution in [-0.2, 0) is 13.0 Å². The Hall–Kier alpha value is -4.46. The van der Waals surface area contributed by atoms with E-state index in [2.05, 4.69) is 5.32 Å². The van der Waals surface area contributed by atoms with Gasteiger partial charge in [0.15, 0.2) is 0 Å². The van der Waals surface area contributed by atoms with Crippen LogP contribution in [0.25, 0.3) is 10.9 Å². The second-order valence-electron chi connectivity index (χ2n) is 7.76. The summed E-state index contributed by atoms with van der Waals surface area (Å²) in [5, 5.41) is 14.7. The van der Waals surface area contributed by atoms with E-state index in [1.54, 1.807) is 31.4 Å². The quantitative estimate of drug-likeness (QED) is 0.319. The van der Waals surface area contributed by atoms with Crippen LogP contribution in [0.15, 0.2) is 83.7 Å². The third-order valence-corrected chi connectivity index (χ3v) is 5.57. The van der Waals surface area contributed by atoms with Crippen molar-refractivity contribution >= 4 is 22.5 Å². The number of nitrogens with one attached hydrogen (secondary N) is 1. The monoisotopic (exact) mass is 457 g/mol. The van der Waals surface area contributed by atoms with E-state index >= 15 is 0 Å². The van der Waals surface area contributed by atoms with Crippen molar-refractivity contribution in [2.75, 3.05) is 13.7 Å². The topological polar surface area (TPSA) is 103 Å². The van der Waals surface area contributed by atoms with E-state index in [4.69, 9.17) is 4.74 Å². The number of aromatic nitrogens is 1. The molecule has 0 aliphatic carbocycles. The summed E-state index contributed by atoms with van der Waals surface area (Å²) in [4.78, 5) is 37.5. The lowest BCUT2D eigenvalue weighted by atomic mass is 10.1. The van der Waals surface area contributed by atoms with Gasteiger partial charge in [-0.05, 0) is 41.8 Å². The van der Waals surface area contributed by atoms with Crippen molar-refractivity contribution in [2.24, 2.45) is 0 Å². The number of carbonyl (C=O) groups is 1. The summed E-state index contributed by atoms with van der Waals surface area (Å²) in [5.41, 5.74) is 1.35. The molecule has 1 heterocycles. The summed E-state index contributed by atoms with van der Waals surface area (Å²) in [6.07, 6.45) is 0.596. The van der Waals surface area contributed by atoms with Crippen molar-refractivity contribution in [3.8, 4) is 5.75 Å². The van der Waals surface area contributed by atoms with Crippen molar-refractivity contribution in [1.29, 1.82) is 0 Å². The number of pyridine rings is 1. The maximum absolute atomic E-state index is 13.4. The number of carbonyl (C=O) groups excluding carboxylic acids is 1. The van der Waals surface area contributed by atoms with Crippen molar-refractivity contribution in [1.82, 2.24) is 9.88 Å². The Morgan fingerprint density at radius 2 is 1.74 bits per heavy atom. The number of fused-ring (bicyclic) bond motifs is 1. The predicted octanol–water partition coefficient (Wildman–Crippen LogP) is 3.94. The predicted molar refractivity (Wildman–Crippen MR) is 129 cm³/mol. The molecular formula is C26H23N3O5. The summed E-state index contributed by atoms with van der Waals surface area (Å²) in [7, 11) is 1.55. The standard InChI is InChI=1S/C26H23N3O5/c1-34-20-10-5-9-19(15-20)17-28-23-11-6-12-24(29(32)33)21(23)16-22(26(28)31)25(30)27-14-13-18-7-3-2-4-8-18/h2-12,15-16H,13-14,17H2,1H3,(H,27,30). The molecular weight excluding hydrogens is 434 g/mol. The zero-order valence-electron chi connectivity index (χ0n) is 18.6. The molecule has 0 radical (unpaired) electrons. The Bertz CT molecular complexity index is 1410. The fourth-order valence-electron chi connectivity index (χ4n) is 3.88. The molecule has 4 aromatic rings. The molecule has 1 aromatic heterocycles. The molecule has 172 valence electrons. The number of ether oxygens (including phenoxy) is 1. The molecule has 8 nitrogen and oxygen atoms in total. The lowest BCUT2D eigenvalue weighted by molar-refractivity contribution is -0.383. The molecule has 1 N–H and O–H groups in total. The normalized spacial score (nSPS) is 10.7. The van der Waals surface area contributed by atoms with Gasteiger partial charge in [0.1, 0.15) is 11.3 Å². The molecule has 1 amide bonds. The van der Waals surface area contributed by atoms with Crippen molar-refractivity contribution < 1.29 is 14.5 Å². The highest BCUT2D eigenvalue weighted by Crippen LogP contribution is 2.26. The first-order chi connectivity index (χ1) is 16.5. The molecule has 0 atom stereocenters. The second-order valence-corrected chi connectivity index (χ2v) is 7.76. The van der Waals surface area contributed by atoms with E-state index in [1.807, 2.05) is 36.4 Å². The van der Waals surface area contributed by atoms with E-state index in [0.717, 1.165) is 11.1 Å². The number of benzene rings is 3. The first-order valence-corrected chi connectivity index (χ1v) is 10.7. The number of hydrogen-bond donors (Lipinski definition) is 1. The highest BCUT2D eigenvalue weighted by atomic mass is 16.6. The Balaban J connectivity index is 1.74. The van der Waals surface area contributed by atoms with Crippen LogP contribution in [0.1, 0.15) is 21.5 Å². The van der Waals surface area contributed by atoms with Gasteiger partial charge in [0.25, 0.3) is 17.2 Å². The Morgan fingerprint density at radius 3 is 2.47 bits per heavy atom. The van der Waals surface area contributed by atoms with Gasteiger partial charge in [-0.2, -0.15) is 0 Å². The van der Waals surface area contributed by atoms with Gasteiger partial charge >= 0.3 is 0 Å². The number of non-ortho nitro benzene ring substituents is 1. The van der Waals surface area contributed by atoms with Gasteiger partial charge in [-0.15, -0.1) is 0 Å². The minimum Gasteiger partial charge on any atom is -0.497 e. The zero-order chi connectivity index (χ0) is 24.1. The first kappa shape index (κ1) is 22.7. The molecule has 4 rings (SSSR count). The fourth-order valence-corrected chi connectivity index (χ4v) is 3.88. The summed E-state index contributed by atoms with van der Waals surface area (Å²) in [5.74, 6) is 0.0519. The van der Waals surface area contributed by atoms with E-state index in [0.29, 0.717) is 24.2 Å². The molecule has 0 bridgehead atoms. The number of nitrogens with zero attached hydrogens (tertiary/aromatic N) is 2. The second kappa shape index (κ2) is 9.99. The van der Waals surface area contributed by atoms with Gasteiger partial charge in [-0.25, -0.2) is 0 Å². The van der Waals surface area contributed by atoms with Crippen LogP contribution < -0.4 is 15.6 Å². The van der Waals surface area contributed by atoms with Gasteiger partial charge in [0, 0.05) is 12.6 Å². The molecule has 0 aliphatic rings. The van der Waals surface area contributed by atoms with Crippen LogP contribution in [0.3, 0.4) is 0 Å². The molecule has 0 saturated heterocycles. The number of nitro groups is 1. The average molecular weight is 457 g/mol. The molecule has 0 fully saturated rings. The lowest BCUT2D eigenvalue weighted by Gasteiger charge is -2.14. The molecule has 8 heteroatoms. The number of hydrogen-bond acceptors (Lipinski definition) is 5. The molecule has 0 aliphatic heterocycles. The summed E-state index contributed by atoms with van der Waals surface area (Å²) >= 11 is 0. The number of rotatable bonds is 8. The fraction of sp³-hybridized carbons (Fsp3) is 0.154. The van der Waals surface area contributed by atoms with E-state index in [1.165, 1.54) is 22.8 Å². The highest BCUT2D eigenvalue weighted by Gasteiger charge is 2.21. The maximum atomic E-state index is 13.4. The Kier molecular flexibility index (Phi) is 6.68. The van der Waals surface area contributed by atoms with Crippen LogP contribution in [0.4, 0.5) is 5.69 Å². The summed E-state index contributed by atoms with van der Waals surface area (Å²) < 4.78 is 6.65. The third-order valence-electron chi connectivity index (χ3n) is 5.57. The van der Waals surface area contributed by atoms with Crippen molar-refractivity contribution in [3.05, 3.63) is 116 Å². The molecule has 0 unspecified atom stereocenters. The van der Waals surface area contributed by atoms with Gasteiger partial charge in [0.05, 0.1) is 29.5 Å². The van der Waals surface area contributed by atoms with Gasteiger partial charge in [-0.3, -0.25) is 19.7 Å². The highest BCUT2D eigenvalue weighted by molar-refractivity contribution is 5.99. The van der Waals surface area contributed by atoms with Gasteiger partial charge < -0.3 is 14.6 Å². The van der Waals surface area contributed by atoms with Crippen LogP contribution in [0.5, 0.6) is 5.75 Å². The summed E-state index contributed by atoms with van der Waals surface area (Å²) in [6.45, 7) is 0.450. The van der Waals surface area contributed by atoms with Crippen LogP contribution >= 0.6 is 0 Å². The van der Waals surface area contributed by atoms with Crippen LogP contribution in [-0.4, -0.2) is 29.1 Å². The van der Waals surface area contributed by atoms with Crippen LogP contribution in [0.2, 0.25) is 0 Å². The largest absolute Gasteiger partial charge is 0.497 e. The summed E-state index contributed by atoms with van der Waals surface area (Å²) in [6, 6.07) is 22.7. The minimum atomic E-state index is -0.569. The van der Waals surface area contributed by atoms with Gasteiger partial charge in [-0.1, -0.05) is 48.5 Å². The molecule has 34 heavy (non-hydrogen) atoms.